The van der Waals surface area contributed by atoms with Crippen molar-refractivity contribution in [1.82, 2.24) is 4.98 Å². The van der Waals surface area contributed by atoms with Crippen molar-refractivity contribution < 1.29 is 0 Å². The molecule has 0 saturated carbocycles. The summed E-state index contributed by atoms with van der Waals surface area (Å²) < 4.78 is 0. The van der Waals surface area contributed by atoms with Crippen LogP contribution in [-0.4, -0.2) is 17.7 Å². The van der Waals surface area contributed by atoms with Crippen molar-refractivity contribution in [3.63, 3.8) is 0 Å². The molecule has 0 unspecified atom stereocenters. The largest absolute Gasteiger partial charge is 0.404 e. The van der Waals surface area contributed by atoms with Gasteiger partial charge in [0.25, 0.3) is 0 Å². The third kappa shape index (κ3) is 4.67. The zero-order chi connectivity index (χ0) is 13.5. The molecule has 0 aliphatic rings. The molecule has 3 nitrogen and oxygen atoms in total. The van der Waals surface area contributed by atoms with Crippen LogP contribution in [0.5, 0.6) is 0 Å². The highest BCUT2D eigenvalue weighted by Gasteiger charge is 2.06. The van der Waals surface area contributed by atoms with Crippen LogP contribution in [0.1, 0.15) is 25.8 Å². The van der Waals surface area contributed by atoms with Crippen LogP contribution >= 0.6 is 23.2 Å². The van der Waals surface area contributed by atoms with Crippen LogP contribution in [0.3, 0.4) is 0 Å². The quantitative estimate of drug-likeness (QED) is 0.661. The van der Waals surface area contributed by atoms with Gasteiger partial charge in [0.15, 0.2) is 0 Å². The van der Waals surface area contributed by atoms with Gasteiger partial charge in [-0.2, -0.15) is 0 Å². The van der Waals surface area contributed by atoms with Gasteiger partial charge >= 0.3 is 0 Å². The first-order chi connectivity index (χ1) is 8.54. The minimum absolute atomic E-state index is 0.367. The van der Waals surface area contributed by atoms with Gasteiger partial charge in [0, 0.05) is 36.3 Å². The number of allylic oxidation sites excluding steroid dienone is 1. The van der Waals surface area contributed by atoms with Crippen molar-refractivity contribution in [2.24, 2.45) is 16.6 Å². The summed E-state index contributed by atoms with van der Waals surface area (Å²) in [6, 6.07) is 1.73. The molecule has 98 valence electrons. The highest BCUT2D eigenvalue weighted by atomic mass is 35.5. The van der Waals surface area contributed by atoms with E-state index in [9.17, 15) is 0 Å². The number of hydrogen-bond donors (Lipinski definition) is 1. The Balaban J connectivity index is 2.81. The van der Waals surface area contributed by atoms with Gasteiger partial charge in [0.05, 0.1) is 5.02 Å². The fourth-order valence-corrected chi connectivity index (χ4v) is 1.69. The van der Waals surface area contributed by atoms with Crippen molar-refractivity contribution in [1.29, 1.82) is 0 Å². The van der Waals surface area contributed by atoms with Crippen LogP contribution in [0.4, 0.5) is 0 Å². The van der Waals surface area contributed by atoms with Crippen LogP contribution in [0.2, 0.25) is 10.2 Å². The van der Waals surface area contributed by atoms with E-state index in [0.717, 1.165) is 18.5 Å². The van der Waals surface area contributed by atoms with E-state index >= 15 is 0 Å². The van der Waals surface area contributed by atoms with Crippen LogP contribution in [0, 0.1) is 5.92 Å². The molecule has 18 heavy (non-hydrogen) atoms. The topological polar surface area (TPSA) is 51.3 Å². The normalized spacial score (nSPS) is 12.6. The number of aromatic nitrogens is 1. The summed E-state index contributed by atoms with van der Waals surface area (Å²) in [5.74, 6) is 0.629. The molecular formula is C13H17Cl2N3. The van der Waals surface area contributed by atoms with Crippen molar-refractivity contribution in [2.75, 3.05) is 6.54 Å². The second kappa shape index (κ2) is 7.39. The van der Waals surface area contributed by atoms with E-state index in [1.807, 2.05) is 0 Å². The number of pyridine rings is 1. The monoisotopic (exact) mass is 285 g/mol. The molecule has 1 aromatic rings. The molecule has 0 radical (unpaired) electrons. The van der Waals surface area contributed by atoms with Gasteiger partial charge in [-0.05, 0) is 18.4 Å². The Labute approximate surface area is 118 Å². The van der Waals surface area contributed by atoms with Gasteiger partial charge in [-0.1, -0.05) is 37.0 Å². The Morgan fingerprint density at radius 3 is 2.83 bits per heavy atom. The second-order valence-electron chi connectivity index (χ2n) is 4.33. The Kier molecular flexibility index (Phi) is 6.16. The number of nitrogens with two attached hydrogens (primary N) is 1. The summed E-state index contributed by atoms with van der Waals surface area (Å²) >= 11 is 11.9. The average Bonchev–Trinajstić information content (AvgIpc) is 2.33. The van der Waals surface area contributed by atoms with E-state index in [-0.39, 0.29) is 0 Å². The lowest BCUT2D eigenvalue weighted by Gasteiger charge is -2.04. The molecule has 0 aliphatic carbocycles. The molecule has 1 aromatic heterocycles. The predicted molar refractivity (Wildman–Crippen MR) is 79.2 cm³/mol. The Morgan fingerprint density at radius 2 is 2.22 bits per heavy atom. The van der Waals surface area contributed by atoms with Gasteiger partial charge in [-0.25, -0.2) is 4.98 Å². The number of nitrogens with zero attached hydrogens (tertiary/aromatic N) is 2. The zero-order valence-corrected chi connectivity index (χ0v) is 12.0. The van der Waals surface area contributed by atoms with Crippen LogP contribution in [0.25, 0.3) is 5.57 Å². The molecule has 0 aromatic carbocycles. The number of aliphatic imine (C=N–C) groups is 1. The third-order valence-electron chi connectivity index (χ3n) is 2.36. The molecule has 0 spiro atoms. The van der Waals surface area contributed by atoms with Crippen molar-refractivity contribution >= 4 is 35.0 Å². The summed E-state index contributed by atoms with van der Waals surface area (Å²) in [5, 5.41) is 0.885. The van der Waals surface area contributed by atoms with Gasteiger partial charge in [-0.15, -0.1) is 0 Å². The second-order valence-corrected chi connectivity index (χ2v) is 5.13. The standard InChI is InChI=1S/C13H17Cl2N3/c1-9(2)3-4-17-7-10(6-16)12-5-11(14)8-18-13(12)15/h5-9H,3-4,16H2,1-2H3/b10-6+,17-7?. The first kappa shape index (κ1) is 15.0. The van der Waals surface area contributed by atoms with E-state index in [1.54, 1.807) is 12.3 Å². The first-order valence-corrected chi connectivity index (χ1v) is 6.53. The first-order valence-electron chi connectivity index (χ1n) is 5.77. The van der Waals surface area contributed by atoms with Gasteiger partial charge in [0.2, 0.25) is 0 Å². The van der Waals surface area contributed by atoms with E-state index in [4.69, 9.17) is 28.9 Å². The fraction of sp³-hybridized carbons (Fsp3) is 0.385. The summed E-state index contributed by atoms with van der Waals surface area (Å²) in [5.41, 5.74) is 7.00. The minimum atomic E-state index is 0.367. The fourth-order valence-electron chi connectivity index (χ4n) is 1.32. The van der Waals surface area contributed by atoms with Crippen LogP contribution in [0.15, 0.2) is 23.5 Å². The van der Waals surface area contributed by atoms with Crippen molar-refractivity contribution in [3.8, 4) is 0 Å². The minimum Gasteiger partial charge on any atom is -0.404 e. The summed E-state index contributed by atoms with van der Waals surface area (Å²) in [6.07, 6.45) is 5.70. The molecule has 1 heterocycles. The maximum absolute atomic E-state index is 6.01. The smallest absolute Gasteiger partial charge is 0.137 e. The molecule has 2 N–H and O–H groups in total. The lowest BCUT2D eigenvalue weighted by molar-refractivity contribution is 0.598. The maximum Gasteiger partial charge on any atom is 0.137 e. The van der Waals surface area contributed by atoms with E-state index in [0.29, 0.717) is 21.7 Å². The summed E-state index contributed by atoms with van der Waals surface area (Å²) in [4.78, 5) is 8.31. The van der Waals surface area contributed by atoms with E-state index < -0.39 is 0 Å². The maximum atomic E-state index is 6.01. The molecule has 5 heteroatoms. The molecule has 1 rings (SSSR count). The third-order valence-corrected chi connectivity index (χ3v) is 2.87. The summed E-state index contributed by atoms with van der Waals surface area (Å²) in [6.45, 7) is 5.08. The van der Waals surface area contributed by atoms with Gasteiger partial charge in [-0.3, -0.25) is 4.99 Å². The van der Waals surface area contributed by atoms with E-state index in [2.05, 4.69) is 23.8 Å². The summed E-state index contributed by atoms with van der Waals surface area (Å²) in [7, 11) is 0. The van der Waals surface area contributed by atoms with Gasteiger partial charge < -0.3 is 5.73 Å². The Hall–Kier alpha value is -1.06. The van der Waals surface area contributed by atoms with Gasteiger partial charge in [0.1, 0.15) is 5.15 Å². The molecule has 0 saturated heterocycles. The van der Waals surface area contributed by atoms with Crippen molar-refractivity contribution in [2.45, 2.75) is 20.3 Å². The number of halogens is 2. The Morgan fingerprint density at radius 1 is 1.50 bits per heavy atom. The van der Waals surface area contributed by atoms with Crippen LogP contribution < -0.4 is 5.73 Å². The molecule has 0 fully saturated rings. The predicted octanol–water partition coefficient (Wildman–Crippen LogP) is 3.80. The van der Waals surface area contributed by atoms with Crippen molar-refractivity contribution in [3.05, 3.63) is 34.2 Å². The lowest BCUT2D eigenvalue weighted by Crippen LogP contribution is -1.96. The highest BCUT2D eigenvalue weighted by Crippen LogP contribution is 2.23. The zero-order valence-electron chi connectivity index (χ0n) is 10.5. The highest BCUT2D eigenvalue weighted by molar-refractivity contribution is 6.34. The van der Waals surface area contributed by atoms with E-state index in [1.165, 1.54) is 12.4 Å². The molecule has 0 amide bonds. The molecule has 0 aliphatic heterocycles. The number of hydrogen-bond acceptors (Lipinski definition) is 3. The Bertz CT molecular complexity index is 454. The molecule has 0 atom stereocenters. The average molecular weight is 286 g/mol. The molecule has 0 bridgehead atoms. The van der Waals surface area contributed by atoms with Crippen LogP contribution in [-0.2, 0) is 0 Å². The lowest BCUT2D eigenvalue weighted by atomic mass is 10.1. The number of rotatable bonds is 5. The molecular weight excluding hydrogens is 269 g/mol. The SMILES string of the molecule is CC(C)CCN=C/C(=C\N)c1cc(Cl)cnc1Cl.